The van der Waals surface area contributed by atoms with Crippen molar-refractivity contribution < 1.29 is 0 Å². The molecule has 0 aromatic heterocycles. The van der Waals surface area contributed by atoms with Crippen LogP contribution in [0.1, 0.15) is 34.1 Å². The number of hydrazine groups is 1. The van der Waals surface area contributed by atoms with Crippen molar-refractivity contribution >= 4 is 5.96 Å². The summed E-state index contributed by atoms with van der Waals surface area (Å²) in [4.78, 5) is 4.37. The summed E-state index contributed by atoms with van der Waals surface area (Å²) in [7, 11) is 0. The molecule has 4 heteroatoms. The molecular formula is C10H24N4. The number of hydrogen-bond donors (Lipinski definition) is 3. The Balaban J connectivity index is 3.91. The number of nitrogens with two attached hydrogens (primary N) is 1. The lowest BCUT2D eigenvalue weighted by atomic mass is 9.99. The minimum Gasteiger partial charge on any atom is -0.355 e. The zero-order valence-corrected chi connectivity index (χ0v) is 9.80. The third kappa shape index (κ3) is 5.80. The van der Waals surface area contributed by atoms with Crippen LogP contribution in [0, 0.1) is 11.8 Å². The van der Waals surface area contributed by atoms with Crippen LogP contribution in [0.4, 0.5) is 0 Å². The van der Waals surface area contributed by atoms with Gasteiger partial charge in [0.1, 0.15) is 0 Å². The molecule has 4 nitrogen and oxygen atoms in total. The minimum atomic E-state index is 0.585. The smallest absolute Gasteiger partial charge is 0.205 e. The van der Waals surface area contributed by atoms with E-state index in [1.807, 2.05) is 0 Å². The fraction of sp³-hybridized carbons (Fsp3) is 0.900. The maximum absolute atomic E-state index is 5.33. The third-order valence-electron chi connectivity index (χ3n) is 2.35. The van der Waals surface area contributed by atoms with Crippen LogP contribution in [0.25, 0.3) is 0 Å². The van der Waals surface area contributed by atoms with E-state index in [2.05, 4.69) is 43.4 Å². The number of hydrogen-bond acceptors (Lipinski definition) is 2. The number of rotatable bonds is 5. The quantitative estimate of drug-likeness (QED) is 0.269. The molecule has 0 fully saturated rings. The highest BCUT2D eigenvalue weighted by atomic mass is 15.3. The Morgan fingerprint density at radius 1 is 1.36 bits per heavy atom. The molecule has 0 heterocycles. The Hall–Kier alpha value is -0.770. The van der Waals surface area contributed by atoms with Crippen molar-refractivity contribution in [2.45, 2.75) is 34.1 Å². The van der Waals surface area contributed by atoms with E-state index >= 15 is 0 Å². The lowest BCUT2D eigenvalue weighted by molar-refractivity contribution is 0.429. The van der Waals surface area contributed by atoms with Gasteiger partial charge < -0.3 is 5.32 Å². The Morgan fingerprint density at radius 2 is 2.00 bits per heavy atom. The predicted octanol–water partition coefficient (Wildman–Crippen LogP) is 1.10. The first-order valence-corrected chi connectivity index (χ1v) is 5.36. The Labute approximate surface area is 87.3 Å². The van der Waals surface area contributed by atoms with Gasteiger partial charge in [0, 0.05) is 13.1 Å². The van der Waals surface area contributed by atoms with E-state index < -0.39 is 0 Å². The Bertz CT molecular complexity index is 166. The highest BCUT2D eigenvalue weighted by molar-refractivity contribution is 5.79. The second-order valence-corrected chi connectivity index (χ2v) is 3.98. The maximum Gasteiger partial charge on any atom is 0.205 e. The van der Waals surface area contributed by atoms with Gasteiger partial charge in [-0.1, -0.05) is 27.7 Å². The highest BCUT2D eigenvalue weighted by Gasteiger charge is 2.06. The fourth-order valence-electron chi connectivity index (χ4n) is 0.842. The van der Waals surface area contributed by atoms with Gasteiger partial charge in [0.2, 0.25) is 5.96 Å². The van der Waals surface area contributed by atoms with E-state index in [-0.39, 0.29) is 0 Å². The van der Waals surface area contributed by atoms with Crippen molar-refractivity contribution in [2.24, 2.45) is 22.7 Å². The summed E-state index contributed by atoms with van der Waals surface area (Å²) in [6, 6.07) is 0. The van der Waals surface area contributed by atoms with Crippen LogP contribution < -0.4 is 16.6 Å². The first-order valence-electron chi connectivity index (χ1n) is 5.36. The molecule has 0 radical (unpaired) electrons. The summed E-state index contributed by atoms with van der Waals surface area (Å²) in [6.07, 6.45) is 1.07. The van der Waals surface area contributed by atoms with E-state index in [9.17, 15) is 0 Å². The van der Waals surface area contributed by atoms with Crippen LogP contribution >= 0.6 is 0 Å². The molecule has 0 bridgehead atoms. The van der Waals surface area contributed by atoms with E-state index in [1.54, 1.807) is 0 Å². The summed E-state index contributed by atoms with van der Waals surface area (Å²) in [5.74, 6) is 7.27. The second kappa shape index (κ2) is 7.62. The molecule has 1 atom stereocenters. The van der Waals surface area contributed by atoms with Crippen LogP contribution in [0.3, 0.4) is 0 Å². The predicted molar refractivity (Wildman–Crippen MR) is 61.9 cm³/mol. The topological polar surface area (TPSA) is 62.4 Å². The van der Waals surface area contributed by atoms with Crippen LogP contribution in [0.15, 0.2) is 4.99 Å². The largest absolute Gasteiger partial charge is 0.355 e. The van der Waals surface area contributed by atoms with E-state index in [0.29, 0.717) is 17.8 Å². The van der Waals surface area contributed by atoms with E-state index in [0.717, 1.165) is 19.5 Å². The standard InChI is InChI=1S/C10H24N4/c1-5-6-12-10(14-11)13-7-9(4)8(2)3/h8-9H,5-7,11H2,1-4H3,(H2,12,13,14). The summed E-state index contributed by atoms with van der Waals surface area (Å²) >= 11 is 0. The molecule has 0 saturated heterocycles. The first kappa shape index (κ1) is 13.2. The Kier molecular flexibility index (Phi) is 7.20. The van der Waals surface area contributed by atoms with Crippen molar-refractivity contribution in [2.75, 3.05) is 13.1 Å². The lowest BCUT2D eigenvalue weighted by Gasteiger charge is -2.14. The molecule has 0 aliphatic rings. The number of aliphatic imine (C=N–C) groups is 1. The monoisotopic (exact) mass is 200 g/mol. The van der Waals surface area contributed by atoms with Crippen molar-refractivity contribution in [3.05, 3.63) is 0 Å². The number of guanidine groups is 1. The molecular weight excluding hydrogens is 176 g/mol. The second-order valence-electron chi connectivity index (χ2n) is 3.98. The van der Waals surface area contributed by atoms with Crippen LogP contribution in [0.5, 0.6) is 0 Å². The number of nitrogens with one attached hydrogen (secondary N) is 2. The van der Waals surface area contributed by atoms with Crippen molar-refractivity contribution in [3.63, 3.8) is 0 Å². The van der Waals surface area contributed by atoms with Crippen LogP contribution in [-0.2, 0) is 0 Å². The average molecular weight is 200 g/mol. The summed E-state index contributed by atoms with van der Waals surface area (Å²) in [6.45, 7) is 10.4. The highest BCUT2D eigenvalue weighted by Crippen LogP contribution is 2.08. The van der Waals surface area contributed by atoms with Gasteiger partial charge in [-0.15, -0.1) is 0 Å². The normalized spacial score (nSPS) is 14.3. The van der Waals surface area contributed by atoms with Crippen molar-refractivity contribution in [3.8, 4) is 0 Å². The van der Waals surface area contributed by atoms with Gasteiger partial charge in [0.05, 0.1) is 0 Å². The van der Waals surface area contributed by atoms with Gasteiger partial charge >= 0.3 is 0 Å². The summed E-state index contributed by atoms with van der Waals surface area (Å²) in [5.41, 5.74) is 2.57. The zero-order valence-electron chi connectivity index (χ0n) is 9.80. The van der Waals surface area contributed by atoms with E-state index in [4.69, 9.17) is 5.84 Å². The molecule has 4 N–H and O–H groups in total. The molecule has 0 aromatic carbocycles. The minimum absolute atomic E-state index is 0.585. The molecule has 0 saturated carbocycles. The van der Waals surface area contributed by atoms with Crippen LogP contribution in [0.2, 0.25) is 0 Å². The Morgan fingerprint density at radius 3 is 2.43 bits per heavy atom. The molecule has 0 aliphatic carbocycles. The summed E-state index contributed by atoms with van der Waals surface area (Å²) in [5, 5.41) is 3.13. The molecule has 0 spiro atoms. The third-order valence-corrected chi connectivity index (χ3v) is 2.35. The van der Waals surface area contributed by atoms with Gasteiger partial charge in [0.25, 0.3) is 0 Å². The first-order chi connectivity index (χ1) is 6.61. The molecule has 14 heavy (non-hydrogen) atoms. The summed E-state index contributed by atoms with van der Waals surface area (Å²) < 4.78 is 0. The molecule has 0 aromatic rings. The lowest BCUT2D eigenvalue weighted by Crippen LogP contribution is -2.42. The fourth-order valence-corrected chi connectivity index (χ4v) is 0.842. The molecule has 0 rings (SSSR count). The number of nitrogens with zero attached hydrogens (tertiary/aromatic N) is 1. The van der Waals surface area contributed by atoms with Gasteiger partial charge in [0.15, 0.2) is 0 Å². The van der Waals surface area contributed by atoms with Gasteiger partial charge in [-0.2, -0.15) is 0 Å². The molecule has 0 amide bonds. The average Bonchev–Trinajstić information content (AvgIpc) is 2.17. The van der Waals surface area contributed by atoms with Crippen molar-refractivity contribution in [1.82, 2.24) is 10.7 Å². The van der Waals surface area contributed by atoms with E-state index in [1.165, 1.54) is 0 Å². The van der Waals surface area contributed by atoms with Gasteiger partial charge in [-0.3, -0.25) is 10.4 Å². The van der Waals surface area contributed by atoms with Crippen molar-refractivity contribution in [1.29, 1.82) is 0 Å². The van der Waals surface area contributed by atoms with Gasteiger partial charge in [-0.25, -0.2) is 5.84 Å². The molecule has 0 aliphatic heterocycles. The SMILES string of the molecule is CCCNC(=NCC(C)C(C)C)NN. The van der Waals surface area contributed by atoms with Gasteiger partial charge in [-0.05, 0) is 18.3 Å². The maximum atomic E-state index is 5.33. The zero-order chi connectivity index (χ0) is 11.0. The molecule has 1 unspecified atom stereocenters. The van der Waals surface area contributed by atoms with Crippen LogP contribution in [-0.4, -0.2) is 19.0 Å². The molecule has 84 valence electrons.